The molecule has 0 aliphatic carbocycles. The van der Waals surface area contributed by atoms with Gasteiger partial charge in [0, 0.05) is 38.3 Å². The quantitative estimate of drug-likeness (QED) is 0.742. The standard InChI is InChI=1S/C20H27N3O4/c1-4-25-17-5-7-18(8-6-17)26-14-20(24)23-11-9-22(10-12-23)13-19-15(2)21-27-16(19)3/h5-8H,4,9-14H2,1-3H3. The van der Waals surface area contributed by atoms with Gasteiger partial charge in [-0.15, -0.1) is 0 Å². The lowest BCUT2D eigenvalue weighted by Gasteiger charge is -2.34. The molecule has 3 rings (SSSR count). The van der Waals surface area contributed by atoms with Crippen molar-refractivity contribution >= 4 is 5.91 Å². The van der Waals surface area contributed by atoms with Crippen LogP contribution < -0.4 is 9.47 Å². The second-order valence-electron chi connectivity index (χ2n) is 6.65. The van der Waals surface area contributed by atoms with Crippen molar-refractivity contribution in [1.29, 1.82) is 0 Å². The first-order valence-corrected chi connectivity index (χ1v) is 9.34. The average Bonchev–Trinajstić information content (AvgIpc) is 3.00. The number of carbonyl (C=O) groups is 1. The fourth-order valence-electron chi connectivity index (χ4n) is 3.14. The van der Waals surface area contributed by atoms with Crippen molar-refractivity contribution in [3.8, 4) is 11.5 Å². The van der Waals surface area contributed by atoms with Crippen LogP contribution >= 0.6 is 0 Å². The summed E-state index contributed by atoms with van der Waals surface area (Å²) in [5.74, 6) is 2.35. The normalized spacial score (nSPS) is 15.0. The largest absolute Gasteiger partial charge is 0.494 e. The van der Waals surface area contributed by atoms with Gasteiger partial charge in [0.05, 0.1) is 12.3 Å². The zero-order valence-corrected chi connectivity index (χ0v) is 16.2. The summed E-state index contributed by atoms with van der Waals surface area (Å²) in [6, 6.07) is 7.33. The van der Waals surface area contributed by atoms with Gasteiger partial charge in [-0.05, 0) is 45.0 Å². The highest BCUT2D eigenvalue weighted by Crippen LogP contribution is 2.18. The zero-order valence-electron chi connectivity index (χ0n) is 16.2. The Kier molecular flexibility index (Phi) is 6.34. The summed E-state index contributed by atoms with van der Waals surface area (Å²) in [6.07, 6.45) is 0. The summed E-state index contributed by atoms with van der Waals surface area (Å²) in [5, 5.41) is 4.00. The maximum atomic E-state index is 12.4. The van der Waals surface area contributed by atoms with Crippen LogP contribution in [0.5, 0.6) is 11.5 Å². The zero-order chi connectivity index (χ0) is 19.2. The van der Waals surface area contributed by atoms with E-state index in [1.807, 2.05) is 49.9 Å². The summed E-state index contributed by atoms with van der Waals surface area (Å²) in [6.45, 7) is 10.4. The molecule has 1 fully saturated rings. The molecule has 0 spiro atoms. The van der Waals surface area contributed by atoms with Gasteiger partial charge in [-0.25, -0.2) is 0 Å². The molecule has 27 heavy (non-hydrogen) atoms. The second-order valence-corrected chi connectivity index (χ2v) is 6.65. The molecule has 2 heterocycles. The molecule has 1 aromatic carbocycles. The van der Waals surface area contributed by atoms with Gasteiger partial charge in [-0.1, -0.05) is 5.16 Å². The molecule has 2 aromatic rings. The van der Waals surface area contributed by atoms with Crippen LogP contribution in [0.15, 0.2) is 28.8 Å². The van der Waals surface area contributed by atoms with Gasteiger partial charge in [-0.2, -0.15) is 0 Å². The predicted molar refractivity (Wildman–Crippen MR) is 101 cm³/mol. The monoisotopic (exact) mass is 373 g/mol. The van der Waals surface area contributed by atoms with E-state index in [4.69, 9.17) is 14.0 Å². The number of benzene rings is 1. The van der Waals surface area contributed by atoms with Crippen molar-refractivity contribution in [1.82, 2.24) is 15.0 Å². The molecule has 0 radical (unpaired) electrons. The lowest BCUT2D eigenvalue weighted by molar-refractivity contribution is -0.135. The molecule has 1 amide bonds. The SMILES string of the molecule is CCOc1ccc(OCC(=O)N2CCN(Cc3c(C)noc3C)CC2)cc1. The number of aryl methyl sites for hydroxylation is 2. The summed E-state index contributed by atoms with van der Waals surface area (Å²) in [7, 11) is 0. The number of rotatable bonds is 7. The van der Waals surface area contributed by atoms with E-state index in [0.717, 1.165) is 42.4 Å². The molecule has 1 aliphatic heterocycles. The minimum Gasteiger partial charge on any atom is -0.494 e. The molecular formula is C20H27N3O4. The first-order valence-electron chi connectivity index (χ1n) is 9.34. The number of nitrogens with zero attached hydrogens (tertiary/aromatic N) is 3. The Morgan fingerprint density at radius 1 is 1.07 bits per heavy atom. The lowest BCUT2D eigenvalue weighted by Crippen LogP contribution is -2.49. The molecule has 7 nitrogen and oxygen atoms in total. The smallest absolute Gasteiger partial charge is 0.260 e. The summed E-state index contributed by atoms with van der Waals surface area (Å²) in [5.41, 5.74) is 2.09. The Labute approximate surface area is 159 Å². The van der Waals surface area contributed by atoms with Crippen molar-refractivity contribution in [3.05, 3.63) is 41.3 Å². The van der Waals surface area contributed by atoms with Crippen molar-refractivity contribution < 1.29 is 18.8 Å². The van der Waals surface area contributed by atoms with Gasteiger partial charge >= 0.3 is 0 Å². The number of hydrogen-bond acceptors (Lipinski definition) is 6. The highest BCUT2D eigenvalue weighted by molar-refractivity contribution is 5.77. The van der Waals surface area contributed by atoms with Crippen molar-refractivity contribution in [2.75, 3.05) is 39.4 Å². The van der Waals surface area contributed by atoms with Crippen LogP contribution in [-0.4, -0.2) is 60.3 Å². The van der Waals surface area contributed by atoms with Gasteiger partial charge in [0.1, 0.15) is 17.3 Å². The minimum absolute atomic E-state index is 0.0147. The minimum atomic E-state index is 0.0147. The highest BCUT2D eigenvalue weighted by atomic mass is 16.5. The van der Waals surface area contributed by atoms with E-state index in [0.29, 0.717) is 25.4 Å². The van der Waals surface area contributed by atoms with Crippen LogP contribution in [0.1, 0.15) is 23.9 Å². The van der Waals surface area contributed by atoms with Gasteiger partial charge in [-0.3, -0.25) is 9.69 Å². The Bertz CT molecular complexity index is 730. The fraction of sp³-hybridized carbons (Fsp3) is 0.500. The van der Waals surface area contributed by atoms with E-state index < -0.39 is 0 Å². The Balaban J connectivity index is 1.43. The van der Waals surface area contributed by atoms with Gasteiger partial charge in [0.15, 0.2) is 6.61 Å². The summed E-state index contributed by atoms with van der Waals surface area (Å²) >= 11 is 0. The third kappa shape index (κ3) is 5.01. The van der Waals surface area contributed by atoms with Crippen molar-refractivity contribution in [3.63, 3.8) is 0 Å². The van der Waals surface area contributed by atoms with E-state index in [1.165, 1.54) is 0 Å². The van der Waals surface area contributed by atoms with Crippen molar-refractivity contribution in [2.45, 2.75) is 27.3 Å². The summed E-state index contributed by atoms with van der Waals surface area (Å²) < 4.78 is 16.2. The highest BCUT2D eigenvalue weighted by Gasteiger charge is 2.23. The van der Waals surface area contributed by atoms with Crippen LogP contribution in [0.3, 0.4) is 0 Å². The van der Waals surface area contributed by atoms with Gasteiger partial charge < -0.3 is 18.9 Å². The fourth-order valence-corrected chi connectivity index (χ4v) is 3.14. The van der Waals surface area contributed by atoms with E-state index in [1.54, 1.807) is 0 Å². The number of piperazine rings is 1. The Hall–Kier alpha value is -2.54. The van der Waals surface area contributed by atoms with Crippen LogP contribution in [0.4, 0.5) is 0 Å². The molecule has 1 aromatic heterocycles. The van der Waals surface area contributed by atoms with Crippen LogP contribution in [0, 0.1) is 13.8 Å². The molecule has 7 heteroatoms. The van der Waals surface area contributed by atoms with Crippen molar-refractivity contribution in [2.24, 2.45) is 0 Å². The van der Waals surface area contributed by atoms with E-state index in [9.17, 15) is 4.79 Å². The maximum absolute atomic E-state index is 12.4. The third-order valence-corrected chi connectivity index (χ3v) is 4.78. The van der Waals surface area contributed by atoms with E-state index >= 15 is 0 Å². The molecule has 0 unspecified atom stereocenters. The number of ether oxygens (including phenoxy) is 2. The number of hydrogen-bond donors (Lipinski definition) is 0. The molecule has 1 saturated heterocycles. The third-order valence-electron chi connectivity index (χ3n) is 4.78. The molecule has 1 aliphatic rings. The average molecular weight is 373 g/mol. The summed E-state index contributed by atoms with van der Waals surface area (Å²) in [4.78, 5) is 16.6. The molecule has 0 N–H and O–H groups in total. The number of amides is 1. The first kappa shape index (κ1) is 19.2. The Morgan fingerprint density at radius 2 is 1.70 bits per heavy atom. The van der Waals surface area contributed by atoms with Crippen LogP contribution in [0.25, 0.3) is 0 Å². The van der Waals surface area contributed by atoms with E-state index in [2.05, 4.69) is 10.1 Å². The van der Waals surface area contributed by atoms with E-state index in [-0.39, 0.29) is 12.5 Å². The second kappa shape index (κ2) is 8.90. The number of aromatic nitrogens is 1. The Morgan fingerprint density at radius 3 is 2.26 bits per heavy atom. The molecule has 0 bridgehead atoms. The van der Waals surface area contributed by atoms with Gasteiger partial charge in [0.2, 0.25) is 0 Å². The van der Waals surface area contributed by atoms with Gasteiger partial charge in [0.25, 0.3) is 5.91 Å². The van der Waals surface area contributed by atoms with Crippen LogP contribution in [0.2, 0.25) is 0 Å². The number of carbonyl (C=O) groups excluding carboxylic acids is 1. The predicted octanol–water partition coefficient (Wildman–Crippen LogP) is 2.41. The lowest BCUT2D eigenvalue weighted by atomic mass is 10.2. The molecule has 146 valence electrons. The van der Waals surface area contributed by atoms with Crippen LogP contribution in [-0.2, 0) is 11.3 Å². The molecule has 0 atom stereocenters. The topological polar surface area (TPSA) is 68.0 Å². The molecular weight excluding hydrogens is 346 g/mol. The molecule has 0 saturated carbocycles. The maximum Gasteiger partial charge on any atom is 0.260 e. The first-order chi connectivity index (χ1) is 13.1.